The number of benzene rings is 2. The van der Waals surface area contributed by atoms with E-state index in [1.165, 1.54) is 6.92 Å². The SMILES string of the molecule is CC(=O)Nc1ccccc1OCC(O)c1cccc(N)c1. The molecular formula is C16H18N2O3. The van der Waals surface area contributed by atoms with Crippen LogP contribution in [-0.2, 0) is 4.79 Å². The molecule has 0 aliphatic heterocycles. The average Bonchev–Trinajstić information content (AvgIpc) is 2.45. The summed E-state index contributed by atoms with van der Waals surface area (Å²) < 4.78 is 5.59. The number of nitrogen functional groups attached to an aromatic ring is 1. The van der Waals surface area contributed by atoms with Crippen LogP contribution in [0.2, 0.25) is 0 Å². The number of ether oxygens (including phenoxy) is 1. The average molecular weight is 286 g/mol. The second kappa shape index (κ2) is 6.76. The van der Waals surface area contributed by atoms with Crippen LogP contribution in [0.1, 0.15) is 18.6 Å². The smallest absolute Gasteiger partial charge is 0.221 e. The topological polar surface area (TPSA) is 84.6 Å². The molecule has 110 valence electrons. The lowest BCUT2D eigenvalue weighted by atomic mass is 10.1. The molecule has 0 radical (unpaired) electrons. The first-order chi connectivity index (χ1) is 10.1. The van der Waals surface area contributed by atoms with Crippen LogP contribution in [0.5, 0.6) is 5.75 Å². The van der Waals surface area contributed by atoms with Crippen LogP contribution in [0.3, 0.4) is 0 Å². The highest BCUT2D eigenvalue weighted by Crippen LogP contribution is 2.25. The summed E-state index contributed by atoms with van der Waals surface area (Å²) in [6, 6.07) is 14.1. The number of para-hydroxylation sites is 2. The maximum atomic E-state index is 11.1. The summed E-state index contributed by atoms with van der Waals surface area (Å²) in [6.07, 6.45) is -0.793. The van der Waals surface area contributed by atoms with Crippen molar-refractivity contribution in [1.82, 2.24) is 0 Å². The largest absolute Gasteiger partial charge is 0.488 e. The third-order valence-corrected chi connectivity index (χ3v) is 2.89. The highest BCUT2D eigenvalue weighted by molar-refractivity contribution is 5.90. The van der Waals surface area contributed by atoms with Crippen LogP contribution in [0.4, 0.5) is 11.4 Å². The Morgan fingerprint density at radius 1 is 1.29 bits per heavy atom. The minimum atomic E-state index is -0.793. The zero-order valence-corrected chi connectivity index (χ0v) is 11.7. The van der Waals surface area contributed by atoms with Crippen molar-refractivity contribution >= 4 is 17.3 Å². The van der Waals surface area contributed by atoms with E-state index in [-0.39, 0.29) is 12.5 Å². The van der Waals surface area contributed by atoms with Crippen molar-refractivity contribution in [1.29, 1.82) is 0 Å². The minimum Gasteiger partial charge on any atom is -0.488 e. The Bertz CT molecular complexity index is 628. The molecule has 4 N–H and O–H groups in total. The molecule has 5 heteroatoms. The zero-order chi connectivity index (χ0) is 15.2. The molecule has 1 atom stereocenters. The number of nitrogens with two attached hydrogens (primary N) is 1. The Kier molecular flexibility index (Phi) is 4.79. The van der Waals surface area contributed by atoms with Gasteiger partial charge in [-0.3, -0.25) is 4.79 Å². The van der Waals surface area contributed by atoms with E-state index < -0.39 is 6.10 Å². The molecule has 0 aromatic heterocycles. The molecule has 0 aliphatic rings. The first-order valence-electron chi connectivity index (χ1n) is 6.59. The number of hydrogen-bond donors (Lipinski definition) is 3. The Morgan fingerprint density at radius 3 is 2.76 bits per heavy atom. The van der Waals surface area contributed by atoms with Gasteiger partial charge in [-0.2, -0.15) is 0 Å². The number of aliphatic hydroxyl groups is 1. The van der Waals surface area contributed by atoms with Gasteiger partial charge in [-0.25, -0.2) is 0 Å². The van der Waals surface area contributed by atoms with Crippen molar-refractivity contribution in [3.05, 3.63) is 54.1 Å². The van der Waals surface area contributed by atoms with Crippen molar-refractivity contribution in [3.8, 4) is 5.75 Å². The summed E-state index contributed by atoms with van der Waals surface area (Å²) >= 11 is 0. The molecule has 0 aliphatic carbocycles. The molecule has 0 fully saturated rings. The fourth-order valence-corrected chi connectivity index (χ4v) is 1.92. The van der Waals surface area contributed by atoms with Gasteiger partial charge in [0.2, 0.25) is 5.91 Å². The number of anilines is 2. The number of rotatable bonds is 5. The van der Waals surface area contributed by atoms with Gasteiger partial charge < -0.3 is 20.9 Å². The lowest BCUT2D eigenvalue weighted by molar-refractivity contribution is -0.114. The van der Waals surface area contributed by atoms with Gasteiger partial charge in [0.1, 0.15) is 18.5 Å². The predicted molar refractivity (Wildman–Crippen MR) is 82.1 cm³/mol. The molecule has 0 heterocycles. The Morgan fingerprint density at radius 2 is 2.05 bits per heavy atom. The molecule has 0 bridgehead atoms. The zero-order valence-electron chi connectivity index (χ0n) is 11.7. The second-order valence-electron chi connectivity index (χ2n) is 4.67. The van der Waals surface area contributed by atoms with Gasteiger partial charge in [0, 0.05) is 12.6 Å². The highest BCUT2D eigenvalue weighted by atomic mass is 16.5. The molecule has 0 saturated carbocycles. The summed E-state index contributed by atoms with van der Waals surface area (Å²) in [7, 11) is 0. The minimum absolute atomic E-state index is 0.0695. The third kappa shape index (κ3) is 4.22. The molecular weight excluding hydrogens is 268 g/mol. The van der Waals surface area contributed by atoms with E-state index in [4.69, 9.17) is 10.5 Å². The van der Waals surface area contributed by atoms with Crippen LogP contribution in [0.15, 0.2) is 48.5 Å². The first kappa shape index (κ1) is 14.9. The van der Waals surface area contributed by atoms with E-state index in [1.807, 2.05) is 0 Å². The van der Waals surface area contributed by atoms with Crippen LogP contribution < -0.4 is 15.8 Å². The molecule has 5 nitrogen and oxygen atoms in total. The molecule has 2 aromatic rings. The maximum absolute atomic E-state index is 11.1. The number of carbonyl (C=O) groups is 1. The standard InChI is InChI=1S/C16H18N2O3/c1-11(19)18-14-7-2-3-8-16(14)21-10-15(20)12-5-4-6-13(17)9-12/h2-9,15,20H,10,17H2,1H3,(H,18,19). The summed E-state index contributed by atoms with van der Waals surface area (Å²) in [5.41, 5.74) is 7.53. The van der Waals surface area contributed by atoms with Crippen molar-refractivity contribution in [2.45, 2.75) is 13.0 Å². The van der Waals surface area contributed by atoms with Crippen molar-refractivity contribution in [2.24, 2.45) is 0 Å². The van der Waals surface area contributed by atoms with Crippen molar-refractivity contribution < 1.29 is 14.6 Å². The quantitative estimate of drug-likeness (QED) is 0.737. The number of amides is 1. The number of carbonyl (C=O) groups excluding carboxylic acids is 1. The van der Waals surface area contributed by atoms with Crippen LogP contribution in [0.25, 0.3) is 0 Å². The van der Waals surface area contributed by atoms with Gasteiger partial charge >= 0.3 is 0 Å². The van der Waals surface area contributed by atoms with E-state index in [1.54, 1.807) is 48.5 Å². The summed E-state index contributed by atoms with van der Waals surface area (Å²) in [5.74, 6) is 0.332. The lowest BCUT2D eigenvalue weighted by Crippen LogP contribution is -2.12. The molecule has 2 rings (SSSR count). The van der Waals surface area contributed by atoms with Crippen molar-refractivity contribution in [3.63, 3.8) is 0 Å². The number of aliphatic hydroxyl groups excluding tert-OH is 1. The van der Waals surface area contributed by atoms with Crippen LogP contribution in [-0.4, -0.2) is 17.6 Å². The number of nitrogens with one attached hydrogen (secondary N) is 1. The van der Waals surface area contributed by atoms with E-state index in [2.05, 4.69) is 5.32 Å². The monoisotopic (exact) mass is 286 g/mol. The van der Waals surface area contributed by atoms with E-state index >= 15 is 0 Å². The van der Waals surface area contributed by atoms with E-state index in [0.717, 1.165) is 0 Å². The van der Waals surface area contributed by atoms with Gasteiger partial charge in [0.05, 0.1) is 5.69 Å². The maximum Gasteiger partial charge on any atom is 0.221 e. The third-order valence-electron chi connectivity index (χ3n) is 2.89. The van der Waals surface area contributed by atoms with Gasteiger partial charge in [-0.1, -0.05) is 24.3 Å². The molecule has 1 unspecified atom stereocenters. The van der Waals surface area contributed by atoms with Crippen LogP contribution in [0, 0.1) is 0 Å². The highest BCUT2D eigenvalue weighted by Gasteiger charge is 2.11. The Hall–Kier alpha value is -2.53. The van der Waals surface area contributed by atoms with E-state index in [9.17, 15) is 9.90 Å². The lowest BCUT2D eigenvalue weighted by Gasteiger charge is -2.15. The normalized spacial score (nSPS) is 11.7. The summed E-state index contributed by atoms with van der Waals surface area (Å²) in [6.45, 7) is 1.50. The summed E-state index contributed by atoms with van der Waals surface area (Å²) in [5, 5.41) is 12.8. The van der Waals surface area contributed by atoms with Crippen molar-refractivity contribution in [2.75, 3.05) is 17.7 Å². The first-order valence-corrected chi connectivity index (χ1v) is 6.59. The second-order valence-corrected chi connectivity index (χ2v) is 4.67. The molecule has 2 aromatic carbocycles. The molecule has 21 heavy (non-hydrogen) atoms. The number of hydrogen-bond acceptors (Lipinski definition) is 4. The fourth-order valence-electron chi connectivity index (χ4n) is 1.92. The molecule has 0 spiro atoms. The Labute approximate surface area is 123 Å². The van der Waals surface area contributed by atoms with Gasteiger partial charge in [-0.05, 0) is 29.8 Å². The van der Waals surface area contributed by atoms with Gasteiger partial charge in [0.25, 0.3) is 0 Å². The van der Waals surface area contributed by atoms with Crippen LogP contribution >= 0.6 is 0 Å². The Balaban J connectivity index is 2.04. The van der Waals surface area contributed by atoms with E-state index in [0.29, 0.717) is 22.7 Å². The molecule has 0 saturated heterocycles. The van der Waals surface area contributed by atoms with Gasteiger partial charge in [-0.15, -0.1) is 0 Å². The predicted octanol–water partition coefficient (Wildman–Crippen LogP) is 2.34. The molecule has 1 amide bonds. The van der Waals surface area contributed by atoms with Gasteiger partial charge in [0.15, 0.2) is 0 Å². The summed E-state index contributed by atoms with van der Waals surface area (Å²) in [4.78, 5) is 11.1. The fraction of sp³-hybridized carbons (Fsp3) is 0.188.